The molecule has 0 saturated heterocycles. The van der Waals surface area contributed by atoms with Gasteiger partial charge in [0.05, 0.1) is 0 Å². The van der Waals surface area contributed by atoms with Crippen molar-refractivity contribution in [2.24, 2.45) is 0 Å². The molecule has 3 rings (SSSR count). The molecule has 0 aromatic heterocycles. The summed E-state index contributed by atoms with van der Waals surface area (Å²) in [4.78, 5) is 0. The van der Waals surface area contributed by atoms with Crippen LogP contribution in [0.5, 0.6) is 0 Å². The van der Waals surface area contributed by atoms with E-state index in [-0.39, 0.29) is 0 Å². The van der Waals surface area contributed by atoms with Gasteiger partial charge in [0.2, 0.25) is 0 Å². The number of hydrogen-bond acceptors (Lipinski definition) is 1. The van der Waals surface area contributed by atoms with E-state index in [1.807, 2.05) is 6.07 Å². The van der Waals surface area contributed by atoms with Crippen LogP contribution in [0, 0.1) is 0 Å². The van der Waals surface area contributed by atoms with Gasteiger partial charge in [0.1, 0.15) is 0 Å². The third-order valence-corrected chi connectivity index (χ3v) is 3.13. The number of fused-ring (bicyclic) bond motifs is 1. The van der Waals surface area contributed by atoms with Crippen LogP contribution in [0.3, 0.4) is 0 Å². The van der Waals surface area contributed by atoms with E-state index in [1.54, 1.807) is 0 Å². The maximum atomic E-state index is 3.45. The Bertz CT molecular complexity index is 541. The summed E-state index contributed by atoms with van der Waals surface area (Å²) < 4.78 is 0. The first-order chi connectivity index (χ1) is 8.43. The molecule has 1 aliphatic heterocycles. The highest BCUT2D eigenvalue weighted by atomic mass is 14.9. The van der Waals surface area contributed by atoms with Crippen molar-refractivity contribution in [1.29, 1.82) is 0 Å². The van der Waals surface area contributed by atoms with E-state index in [2.05, 4.69) is 59.9 Å². The van der Waals surface area contributed by atoms with Gasteiger partial charge in [-0.05, 0) is 23.1 Å². The van der Waals surface area contributed by atoms with E-state index in [4.69, 9.17) is 0 Å². The van der Waals surface area contributed by atoms with Gasteiger partial charge in [-0.1, -0.05) is 60.7 Å². The Morgan fingerprint density at radius 3 is 2.65 bits per heavy atom. The lowest BCUT2D eigenvalue weighted by molar-refractivity contribution is 1.11. The minimum atomic E-state index is 1.06. The summed E-state index contributed by atoms with van der Waals surface area (Å²) in [6.07, 6.45) is 5.49. The zero-order valence-electron chi connectivity index (χ0n) is 9.69. The van der Waals surface area contributed by atoms with Crippen LogP contribution in [-0.4, -0.2) is 6.54 Å². The van der Waals surface area contributed by atoms with Crippen molar-refractivity contribution in [3.05, 3.63) is 65.2 Å². The minimum Gasteiger partial charge on any atom is -0.384 e. The average molecular weight is 221 g/mol. The van der Waals surface area contributed by atoms with Crippen molar-refractivity contribution >= 4 is 17.8 Å². The molecule has 1 heterocycles. The van der Waals surface area contributed by atoms with Gasteiger partial charge in [-0.3, -0.25) is 0 Å². The highest BCUT2D eigenvalue weighted by molar-refractivity contribution is 5.79. The zero-order chi connectivity index (χ0) is 11.5. The van der Waals surface area contributed by atoms with Crippen molar-refractivity contribution in [2.45, 2.75) is 6.42 Å². The molecular formula is C16H15N. The molecule has 1 aliphatic rings. The third kappa shape index (κ3) is 2.09. The lowest BCUT2D eigenvalue weighted by Gasteiger charge is -2.04. The molecule has 1 heteroatoms. The van der Waals surface area contributed by atoms with E-state index in [9.17, 15) is 0 Å². The first-order valence-electron chi connectivity index (χ1n) is 6.02. The maximum Gasteiger partial charge on any atom is 0.0447 e. The smallest absolute Gasteiger partial charge is 0.0447 e. The molecule has 84 valence electrons. The summed E-state index contributed by atoms with van der Waals surface area (Å²) in [6, 6.07) is 16.9. The molecule has 2 aromatic rings. The molecule has 0 unspecified atom stereocenters. The lowest BCUT2D eigenvalue weighted by atomic mass is 10.1. The van der Waals surface area contributed by atoms with Gasteiger partial charge in [-0.25, -0.2) is 0 Å². The van der Waals surface area contributed by atoms with Gasteiger partial charge in [-0.2, -0.15) is 0 Å². The van der Waals surface area contributed by atoms with Crippen molar-refractivity contribution < 1.29 is 0 Å². The first-order valence-corrected chi connectivity index (χ1v) is 6.02. The Kier molecular flexibility index (Phi) is 2.66. The average Bonchev–Trinajstić information content (AvgIpc) is 2.86. The normalized spacial score (nSPS) is 13.6. The van der Waals surface area contributed by atoms with Gasteiger partial charge in [0.15, 0.2) is 0 Å². The Morgan fingerprint density at radius 2 is 1.76 bits per heavy atom. The van der Waals surface area contributed by atoms with Gasteiger partial charge in [0.25, 0.3) is 0 Å². The second-order valence-corrected chi connectivity index (χ2v) is 4.30. The number of para-hydroxylation sites is 1. The predicted octanol–water partition coefficient (Wildman–Crippen LogP) is 3.83. The fourth-order valence-electron chi connectivity index (χ4n) is 2.26. The summed E-state index contributed by atoms with van der Waals surface area (Å²) in [5, 5.41) is 3.45. The number of nitrogens with one attached hydrogen (secondary N) is 1. The fourth-order valence-corrected chi connectivity index (χ4v) is 2.26. The molecule has 17 heavy (non-hydrogen) atoms. The topological polar surface area (TPSA) is 12.0 Å². The zero-order valence-corrected chi connectivity index (χ0v) is 9.69. The highest BCUT2D eigenvalue weighted by Crippen LogP contribution is 2.27. The molecule has 1 N–H and O–H groups in total. The van der Waals surface area contributed by atoms with E-state index in [1.165, 1.54) is 22.4 Å². The summed E-state index contributed by atoms with van der Waals surface area (Å²) in [5.41, 5.74) is 5.26. The van der Waals surface area contributed by atoms with Crippen LogP contribution < -0.4 is 5.32 Å². The summed E-state index contributed by atoms with van der Waals surface area (Å²) in [5.74, 6) is 0. The summed E-state index contributed by atoms with van der Waals surface area (Å²) in [6.45, 7) is 1.06. The van der Waals surface area contributed by atoms with Gasteiger partial charge in [-0.15, -0.1) is 0 Å². The van der Waals surface area contributed by atoms with Crippen LogP contribution in [0.1, 0.15) is 16.7 Å². The molecule has 0 bridgehead atoms. The fraction of sp³-hybridized carbons (Fsp3) is 0.125. The van der Waals surface area contributed by atoms with Crippen LogP contribution in [0.25, 0.3) is 12.2 Å². The van der Waals surface area contributed by atoms with Crippen LogP contribution in [0.4, 0.5) is 5.69 Å². The monoisotopic (exact) mass is 221 g/mol. The molecule has 0 amide bonds. The Labute approximate surface area is 102 Å². The Morgan fingerprint density at radius 1 is 0.882 bits per heavy atom. The van der Waals surface area contributed by atoms with E-state index in [0.29, 0.717) is 0 Å². The lowest BCUT2D eigenvalue weighted by Crippen LogP contribution is -1.92. The highest BCUT2D eigenvalue weighted by Gasteiger charge is 2.11. The number of hydrogen-bond donors (Lipinski definition) is 1. The second kappa shape index (κ2) is 4.46. The van der Waals surface area contributed by atoms with Crippen molar-refractivity contribution in [3.8, 4) is 0 Å². The molecule has 1 nitrogen and oxygen atoms in total. The van der Waals surface area contributed by atoms with Crippen LogP contribution in [-0.2, 0) is 6.42 Å². The summed E-state index contributed by atoms with van der Waals surface area (Å²) in [7, 11) is 0. The van der Waals surface area contributed by atoms with E-state index in [0.717, 1.165) is 13.0 Å². The van der Waals surface area contributed by atoms with Gasteiger partial charge < -0.3 is 5.32 Å². The minimum absolute atomic E-state index is 1.06. The standard InChI is InChI=1S/C16H15N/c1-2-5-13(6-3-1)9-10-14-7-4-8-15-11-12-17-16(14)15/h1-10,17H,11-12H2. The van der Waals surface area contributed by atoms with Crippen molar-refractivity contribution in [1.82, 2.24) is 0 Å². The first kappa shape index (κ1) is 10.2. The van der Waals surface area contributed by atoms with Crippen molar-refractivity contribution in [3.63, 3.8) is 0 Å². The van der Waals surface area contributed by atoms with Crippen LogP contribution in [0.2, 0.25) is 0 Å². The molecule has 0 atom stereocenters. The van der Waals surface area contributed by atoms with Crippen LogP contribution >= 0.6 is 0 Å². The Hall–Kier alpha value is -2.02. The van der Waals surface area contributed by atoms with Gasteiger partial charge in [0, 0.05) is 12.2 Å². The maximum absolute atomic E-state index is 3.45. The van der Waals surface area contributed by atoms with E-state index >= 15 is 0 Å². The Balaban J connectivity index is 1.91. The van der Waals surface area contributed by atoms with E-state index < -0.39 is 0 Å². The van der Waals surface area contributed by atoms with Crippen LogP contribution in [0.15, 0.2) is 48.5 Å². The van der Waals surface area contributed by atoms with Crippen molar-refractivity contribution in [2.75, 3.05) is 11.9 Å². The number of anilines is 1. The molecule has 0 saturated carbocycles. The predicted molar refractivity (Wildman–Crippen MR) is 74.0 cm³/mol. The molecule has 0 aliphatic carbocycles. The SMILES string of the molecule is C(=Cc1cccc2c1NCC2)c1ccccc1. The quantitative estimate of drug-likeness (QED) is 0.760. The third-order valence-electron chi connectivity index (χ3n) is 3.13. The molecular weight excluding hydrogens is 206 g/mol. The summed E-state index contributed by atoms with van der Waals surface area (Å²) >= 11 is 0. The number of benzene rings is 2. The number of rotatable bonds is 2. The second-order valence-electron chi connectivity index (χ2n) is 4.30. The molecule has 2 aromatic carbocycles. The molecule has 0 spiro atoms. The molecule has 0 fully saturated rings. The largest absolute Gasteiger partial charge is 0.384 e. The van der Waals surface area contributed by atoms with Gasteiger partial charge >= 0.3 is 0 Å². The molecule has 0 radical (unpaired) electrons.